The lowest BCUT2D eigenvalue weighted by Gasteiger charge is -2.34. The number of anilines is 1. The van der Waals surface area contributed by atoms with E-state index < -0.39 is 0 Å². The third-order valence-corrected chi connectivity index (χ3v) is 4.16. The van der Waals surface area contributed by atoms with Crippen LogP contribution in [0, 0.1) is 0 Å². The van der Waals surface area contributed by atoms with E-state index in [-0.39, 0.29) is 5.91 Å². The minimum atomic E-state index is 0.0428. The van der Waals surface area contributed by atoms with Crippen molar-refractivity contribution in [3.05, 3.63) is 22.8 Å². The number of amides is 1. The molecular weight excluding hydrogens is 276 g/mol. The van der Waals surface area contributed by atoms with Gasteiger partial charge < -0.3 is 10.2 Å². The molecule has 1 aliphatic carbocycles. The Kier molecular flexibility index (Phi) is 3.81. The van der Waals surface area contributed by atoms with Crippen LogP contribution in [0.5, 0.6) is 0 Å². The molecule has 108 valence electrons. The standard InChI is InChI=1S/C14H19ClN4O/c1-16-13-9-10(8-12(15)17-13)14(20)19-6-4-18(5-7-19)11-2-3-11/h8-9,11H,2-7H2,1H3,(H,16,17). The van der Waals surface area contributed by atoms with Crippen LogP contribution in [0.4, 0.5) is 5.82 Å². The predicted octanol–water partition coefficient (Wildman–Crippen LogP) is 1.70. The number of hydrogen-bond donors (Lipinski definition) is 1. The van der Waals surface area contributed by atoms with Crippen molar-refractivity contribution in [2.24, 2.45) is 0 Å². The second-order valence-electron chi connectivity index (χ2n) is 5.37. The first-order valence-electron chi connectivity index (χ1n) is 7.06. The number of nitrogens with zero attached hydrogens (tertiary/aromatic N) is 3. The van der Waals surface area contributed by atoms with E-state index >= 15 is 0 Å². The fraction of sp³-hybridized carbons (Fsp3) is 0.571. The largest absolute Gasteiger partial charge is 0.373 e. The molecule has 0 aromatic carbocycles. The lowest BCUT2D eigenvalue weighted by Crippen LogP contribution is -2.49. The molecule has 0 atom stereocenters. The fourth-order valence-corrected chi connectivity index (χ4v) is 2.87. The molecule has 2 heterocycles. The molecule has 2 aliphatic rings. The first kappa shape index (κ1) is 13.6. The molecule has 5 nitrogen and oxygen atoms in total. The van der Waals surface area contributed by atoms with Crippen molar-refractivity contribution in [2.75, 3.05) is 38.5 Å². The normalized spacial score (nSPS) is 20.0. The first-order chi connectivity index (χ1) is 9.67. The van der Waals surface area contributed by atoms with E-state index in [0.29, 0.717) is 16.5 Å². The highest BCUT2D eigenvalue weighted by atomic mass is 35.5. The Bertz CT molecular complexity index is 510. The minimum Gasteiger partial charge on any atom is -0.373 e. The van der Waals surface area contributed by atoms with Gasteiger partial charge in [0.05, 0.1) is 0 Å². The summed E-state index contributed by atoms with van der Waals surface area (Å²) in [6.45, 7) is 3.55. The van der Waals surface area contributed by atoms with Gasteiger partial charge in [0.25, 0.3) is 5.91 Å². The summed E-state index contributed by atoms with van der Waals surface area (Å²) in [6.07, 6.45) is 2.64. The highest BCUT2D eigenvalue weighted by Crippen LogP contribution is 2.27. The van der Waals surface area contributed by atoms with Crippen LogP contribution in [-0.2, 0) is 0 Å². The molecule has 1 aliphatic heterocycles. The Balaban J connectivity index is 1.68. The second kappa shape index (κ2) is 5.58. The van der Waals surface area contributed by atoms with Crippen LogP contribution in [0.2, 0.25) is 5.15 Å². The summed E-state index contributed by atoms with van der Waals surface area (Å²) >= 11 is 5.95. The van der Waals surface area contributed by atoms with Gasteiger partial charge in [-0.3, -0.25) is 9.69 Å². The molecule has 1 aromatic heterocycles. The Hall–Kier alpha value is -1.33. The van der Waals surface area contributed by atoms with Crippen molar-refractivity contribution in [3.8, 4) is 0 Å². The maximum absolute atomic E-state index is 12.5. The van der Waals surface area contributed by atoms with Crippen molar-refractivity contribution in [2.45, 2.75) is 18.9 Å². The summed E-state index contributed by atoms with van der Waals surface area (Å²) in [5.41, 5.74) is 0.606. The molecule has 1 N–H and O–H groups in total. The predicted molar refractivity (Wildman–Crippen MR) is 79.3 cm³/mol. The van der Waals surface area contributed by atoms with Crippen LogP contribution < -0.4 is 5.32 Å². The second-order valence-corrected chi connectivity index (χ2v) is 5.76. The number of pyridine rings is 1. The maximum atomic E-state index is 12.5. The zero-order chi connectivity index (χ0) is 14.1. The van der Waals surface area contributed by atoms with Crippen LogP contribution in [0.3, 0.4) is 0 Å². The van der Waals surface area contributed by atoms with Crippen molar-refractivity contribution < 1.29 is 4.79 Å². The minimum absolute atomic E-state index is 0.0428. The number of hydrogen-bond acceptors (Lipinski definition) is 4. The number of rotatable bonds is 3. The van der Waals surface area contributed by atoms with E-state index in [2.05, 4.69) is 15.2 Å². The molecule has 1 saturated carbocycles. The molecule has 3 rings (SSSR count). The third kappa shape index (κ3) is 2.88. The molecule has 1 saturated heterocycles. The Morgan fingerprint density at radius 1 is 1.30 bits per heavy atom. The molecule has 20 heavy (non-hydrogen) atoms. The molecule has 0 spiro atoms. The van der Waals surface area contributed by atoms with Crippen LogP contribution in [0.15, 0.2) is 12.1 Å². The zero-order valence-corrected chi connectivity index (χ0v) is 12.4. The van der Waals surface area contributed by atoms with Crippen molar-refractivity contribution in [1.29, 1.82) is 0 Å². The zero-order valence-electron chi connectivity index (χ0n) is 11.6. The van der Waals surface area contributed by atoms with E-state index in [1.54, 1.807) is 19.2 Å². The first-order valence-corrected chi connectivity index (χ1v) is 7.44. The van der Waals surface area contributed by atoms with Crippen LogP contribution >= 0.6 is 11.6 Å². The van der Waals surface area contributed by atoms with Gasteiger partial charge in [0.1, 0.15) is 11.0 Å². The molecule has 1 aromatic rings. The summed E-state index contributed by atoms with van der Waals surface area (Å²) in [4.78, 5) is 21.0. The van der Waals surface area contributed by atoms with Crippen molar-refractivity contribution in [1.82, 2.24) is 14.8 Å². The van der Waals surface area contributed by atoms with Crippen LogP contribution in [0.25, 0.3) is 0 Å². The molecule has 1 amide bonds. The molecule has 6 heteroatoms. The highest BCUT2D eigenvalue weighted by Gasteiger charge is 2.32. The van der Waals surface area contributed by atoms with Crippen LogP contribution in [-0.4, -0.2) is 60.0 Å². The summed E-state index contributed by atoms with van der Waals surface area (Å²) < 4.78 is 0. The van der Waals surface area contributed by atoms with Gasteiger partial charge in [-0.2, -0.15) is 0 Å². The van der Waals surface area contributed by atoms with Gasteiger partial charge in [-0.1, -0.05) is 11.6 Å². The number of carbonyl (C=O) groups excluding carboxylic acids is 1. The van der Waals surface area contributed by atoms with Crippen molar-refractivity contribution in [3.63, 3.8) is 0 Å². The van der Waals surface area contributed by atoms with E-state index in [0.717, 1.165) is 32.2 Å². The molecule has 0 unspecified atom stereocenters. The van der Waals surface area contributed by atoms with Gasteiger partial charge in [-0.15, -0.1) is 0 Å². The Morgan fingerprint density at radius 2 is 2.00 bits per heavy atom. The Labute approximate surface area is 123 Å². The molecule has 2 fully saturated rings. The number of carbonyl (C=O) groups is 1. The quantitative estimate of drug-likeness (QED) is 0.862. The summed E-state index contributed by atoms with van der Waals surface area (Å²) in [5, 5.41) is 3.27. The summed E-state index contributed by atoms with van der Waals surface area (Å²) in [7, 11) is 1.77. The van der Waals surface area contributed by atoms with Crippen LogP contribution in [0.1, 0.15) is 23.2 Å². The number of halogens is 1. The third-order valence-electron chi connectivity index (χ3n) is 3.96. The number of piperazine rings is 1. The number of nitrogens with one attached hydrogen (secondary N) is 1. The Morgan fingerprint density at radius 3 is 2.60 bits per heavy atom. The molecule has 0 bridgehead atoms. The van der Waals surface area contributed by atoms with Gasteiger partial charge in [0, 0.05) is 44.8 Å². The smallest absolute Gasteiger partial charge is 0.254 e. The lowest BCUT2D eigenvalue weighted by atomic mass is 10.2. The van der Waals surface area contributed by atoms with E-state index in [1.807, 2.05) is 4.90 Å². The van der Waals surface area contributed by atoms with E-state index in [9.17, 15) is 4.79 Å². The molecule has 0 radical (unpaired) electrons. The maximum Gasteiger partial charge on any atom is 0.254 e. The van der Waals surface area contributed by atoms with Gasteiger partial charge in [0.15, 0.2) is 0 Å². The van der Waals surface area contributed by atoms with Crippen molar-refractivity contribution >= 4 is 23.3 Å². The van der Waals surface area contributed by atoms with E-state index in [1.165, 1.54) is 12.8 Å². The van der Waals surface area contributed by atoms with Gasteiger partial charge >= 0.3 is 0 Å². The van der Waals surface area contributed by atoms with Gasteiger partial charge in [0.2, 0.25) is 0 Å². The SMILES string of the molecule is CNc1cc(C(=O)N2CCN(C3CC3)CC2)cc(Cl)n1. The monoisotopic (exact) mass is 294 g/mol. The van der Waals surface area contributed by atoms with Gasteiger partial charge in [-0.05, 0) is 25.0 Å². The van der Waals surface area contributed by atoms with E-state index in [4.69, 9.17) is 11.6 Å². The summed E-state index contributed by atoms with van der Waals surface area (Å²) in [6, 6.07) is 4.16. The average Bonchev–Trinajstić information content (AvgIpc) is 3.30. The average molecular weight is 295 g/mol. The molecular formula is C14H19ClN4O. The highest BCUT2D eigenvalue weighted by molar-refractivity contribution is 6.29. The van der Waals surface area contributed by atoms with Gasteiger partial charge in [-0.25, -0.2) is 4.98 Å². The summed E-state index contributed by atoms with van der Waals surface area (Å²) in [5.74, 6) is 0.665. The fourth-order valence-electron chi connectivity index (χ4n) is 2.66. The topological polar surface area (TPSA) is 48.5 Å². The lowest BCUT2D eigenvalue weighted by molar-refractivity contribution is 0.0627. The number of aromatic nitrogens is 1.